The third kappa shape index (κ3) is 2.11. The highest BCUT2D eigenvalue weighted by Gasteiger charge is 2.16. The van der Waals surface area contributed by atoms with Gasteiger partial charge in [-0.3, -0.25) is 0 Å². The molecule has 0 radical (unpaired) electrons. The molecule has 0 aliphatic carbocycles. The van der Waals surface area contributed by atoms with Crippen LogP contribution < -0.4 is 0 Å². The van der Waals surface area contributed by atoms with E-state index in [1.807, 2.05) is 24.3 Å². The van der Waals surface area contributed by atoms with Crippen LogP contribution in [0.5, 0.6) is 0 Å². The van der Waals surface area contributed by atoms with Crippen molar-refractivity contribution in [1.29, 1.82) is 0 Å². The van der Waals surface area contributed by atoms with Crippen molar-refractivity contribution >= 4 is 28.1 Å². The third-order valence-corrected chi connectivity index (χ3v) is 3.83. The molecule has 94 valence electrons. The second-order valence-corrected chi connectivity index (χ2v) is 4.94. The van der Waals surface area contributed by atoms with Crippen molar-refractivity contribution < 1.29 is 9.53 Å². The highest BCUT2D eigenvalue weighted by atomic mass is 32.1. The molecule has 3 nitrogen and oxygen atoms in total. The van der Waals surface area contributed by atoms with Gasteiger partial charge in [0.1, 0.15) is 0 Å². The van der Waals surface area contributed by atoms with Crippen molar-refractivity contribution in [3.63, 3.8) is 0 Å². The van der Waals surface area contributed by atoms with Gasteiger partial charge in [-0.1, -0.05) is 36.4 Å². The smallest absolute Gasteiger partial charge is 0.358 e. The molecule has 1 heterocycles. The normalized spacial score (nSPS) is 10.6. The molecule has 19 heavy (non-hydrogen) atoms. The van der Waals surface area contributed by atoms with Gasteiger partial charge >= 0.3 is 5.97 Å². The predicted octanol–water partition coefficient (Wildman–Crippen LogP) is 3.75. The lowest BCUT2D eigenvalue weighted by molar-refractivity contribution is 0.0596. The van der Waals surface area contributed by atoms with E-state index < -0.39 is 5.97 Å². The molecule has 0 spiro atoms. The first kappa shape index (κ1) is 11.9. The fourth-order valence-corrected chi connectivity index (χ4v) is 2.80. The maximum atomic E-state index is 11.7. The maximum absolute atomic E-state index is 11.7. The van der Waals surface area contributed by atoms with Gasteiger partial charge in [0.25, 0.3) is 0 Å². The minimum absolute atomic E-state index is 0.378. The van der Waals surface area contributed by atoms with Gasteiger partial charge < -0.3 is 4.74 Å². The van der Waals surface area contributed by atoms with Gasteiger partial charge in [-0.2, -0.15) is 0 Å². The SMILES string of the molecule is COC(=O)c1ncsc1-c1ccc2ccccc2c1. The number of hydrogen-bond donors (Lipinski definition) is 0. The fourth-order valence-electron chi connectivity index (χ4n) is 2.02. The Labute approximate surface area is 114 Å². The molecule has 0 amide bonds. The molecule has 0 fully saturated rings. The van der Waals surface area contributed by atoms with Gasteiger partial charge in [0.2, 0.25) is 0 Å². The summed E-state index contributed by atoms with van der Waals surface area (Å²) in [5.74, 6) is -0.399. The summed E-state index contributed by atoms with van der Waals surface area (Å²) < 4.78 is 4.75. The quantitative estimate of drug-likeness (QED) is 0.665. The van der Waals surface area contributed by atoms with Gasteiger partial charge in [-0.05, 0) is 22.4 Å². The van der Waals surface area contributed by atoms with Crippen LogP contribution >= 0.6 is 11.3 Å². The number of nitrogens with zero attached hydrogens (tertiary/aromatic N) is 1. The molecule has 3 rings (SSSR count). The van der Waals surface area contributed by atoms with Crippen LogP contribution in [0.1, 0.15) is 10.5 Å². The lowest BCUT2D eigenvalue weighted by atomic mass is 10.1. The molecular formula is C15H11NO2S. The first-order valence-electron chi connectivity index (χ1n) is 5.80. The average Bonchev–Trinajstić information content (AvgIpc) is 2.95. The van der Waals surface area contributed by atoms with E-state index in [1.54, 1.807) is 5.51 Å². The van der Waals surface area contributed by atoms with E-state index in [1.165, 1.54) is 23.8 Å². The highest BCUT2D eigenvalue weighted by Crippen LogP contribution is 2.30. The van der Waals surface area contributed by atoms with Gasteiger partial charge in [0, 0.05) is 0 Å². The summed E-state index contributed by atoms with van der Waals surface area (Å²) >= 11 is 1.44. The zero-order chi connectivity index (χ0) is 13.2. The van der Waals surface area contributed by atoms with Crippen LogP contribution in [0, 0.1) is 0 Å². The molecular weight excluding hydrogens is 258 g/mol. The second-order valence-electron chi connectivity index (χ2n) is 4.08. The number of rotatable bonds is 2. The third-order valence-electron chi connectivity index (χ3n) is 2.96. The van der Waals surface area contributed by atoms with Crippen LogP contribution in [0.2, 0.25) is 0 Å². The predicted molar refractivity (Wildman–Crippen MR) is 76.4 cm³/mol. The molecule has 0 atom stereocenters. The Balaban J connectivity index is 2.14. The maximum Gasteiger partial charge on any atom is 0.358 e. The number of hydrogen-bond acceptors (Lipinski definition) is 4. The molecule has 3 aromatic rings. The van der Waals surface area contributed by atoms with Crippen molar-refractivity contribution in [3.8, 4) is 10.4 Å². The topological polar surface area (TPSA) is 39.2 Å². The summed E-state index contributed by atoms with van der Waals surface area (Å²) in [5, 5.41) is 2.32. The second kappa shape index (κ2) is 4.82. The summed E-state index contributed by atoms with van der Waals surface area (Å²) in [6, 6.07) is 14.2. The van der Waals surface area contributed by atoms with Gasteiger partial charge in [0.15, 0.2) is 5.69 Å². The van der Waals surface area contributed by atoms with Gasteiger partial charge in [0.05, 0.1) is 17.5 Å². The minimum atomic E-state index is -0.399. The largest absolute Gasteiger partial charge is 0.464 e. The van der Waals surface area contributed by atoms with E-state index in [9.17, 15) is 4.79 Å². The summed E-state index contributed by atoms with van der Waals surface area (Å²) in [6.07, 6.45) is 0. The molecule has 0 bridgehead atoms. The van der Waals surface area contributed by atoms with Crippen molar-refractivity contribution in [2.75, 3.05) is 7.11 Å². The average molecular weight is 269 g/mol. The van der Waals surface area contributed by atoms with Crippen molar-refractivity contribution in [1.82, 2.24) is 4.98 Å². The van der Waals surface area contributed by atoms with E-state index in [0.29, 0.717) is 5.69 Å². The fraction of sp³-hybridized carbons (Fsp3) is 0.0667. The summed E-state index contributed by atoms with van der Waals surface area (Å²) in [4.78, 5) is 16.6. The summed E-state index contributed by atoms with van der Waals surface area (Å²) in [5.41, 5.74) is 3.03. The van der Waals surface area contributed by atoms with Crippen LogP contribution in [-0.2, 0) is 4.74 Å². The molecule has 0 N–H and O–H groups in total. The van der Waals surface area contributed by atoms with E-state index in [4.69, 9.17) is 4.74 Å². The number of esters is 1. The monoisotopic (exact) mass is 269 g/mol. The Bertz CT molecular complexity index is 748. The van der Waals surface area contributed by atoms with Crippen LogP contribution in [0.15, 0.2) is 48.0 Å². The zero-order valence-corrected chi connectivity index (χ0v) is 11.1. The van der Waals surface area contributed by atoms with E-state index in [-0.39, 0.29) is 0 Å². The number of fused-ring (bicyclic) bond motifs is 1. The molecule has 4 heteroatoms. The van der Waals surface area contributed by atoms with E-state index in [0.717, 1.165) is 15.8 Å². The summed E-state index contributed by atoms with van der Waals surface area (Å²) in [6.45, 7) is 0. The lowest BCUT2D eigenvalue weighted by Gasteiger charge is -2.03. The molecule has 0 aliphatic heterocycles. The minimum Gasteiger partial charge on any atom is -0.464 e. The van der Waals surface area contributed by atoms with Crippen LogP contribution in [-0.4, -0.2) is 18.1 Å². The first-order valence-corrected chi connectivity index (χ1v) is 6.68. The molecule has 0 saturated heterocycles. The van der Waals surface area contributed by atoms with Crippen molar-refractivity contribution in [2.24, 2.45) is 0 Å². The Hall–Kier alpha value is -2.20. The Morgan fingerprint density at radius 1 is 1.16 bits per heavy atom. The number of benzene rings is 2. The van der Waals surface area contributed by atoms with Crippen LogP contribution in [0.25, 0.3) is 21.2 Å². The molecule has 2 aromatic carbocycles. The number of thiazole rings is 1. The van der Waals surface area contributed by atoms with E-state index >= 15 is 0 Å². The first-order chi connectivity index (χ1) is 9.29. The molecule has 0 aliphatic rings. The van der Waals surface area contributed by atoms with Crippen LogP contribution in [0.3, 0.4) is 0 Å². The van der Waals surface area contributed by atoms with E-state index in [2.05, 4.69) is 23.2 Å². The Morgan fingerprint density at radius 2 is 1.95 bits per heavy atom. The van der Waals surface area contributed by atoms with Gasteiger partial charge in [-0.15, -0.1) is 11.3 Å². The number of carbonyl (C=O) groups excluding carboxylic acids is 1. The van der Waals surface area contributed by atoms with Crippen LogP contribution in [0.4, 0.5) is 0 Å². The number of ether oxygens (including phenoxy) is 1. The zero-order valence-electron chi connectivity index (χ0n) is 10.3. The molecule has 1 aromatic heterocycles. The molecule has 0 unspecified atom stereocenters. The van der Waals surface area contributed by atoms with Crippen molar-refractivity contribution in [3.05, 3.63) is 53.7 Å². The number of methoxy groups -OCH3 is 1. The number of carbonyl (C=O) groups is 1. The van der Waals surface area contributed by atoms with Gasteiger partial charge in [-0.25, -0.2) is 9.78 Å². The van der Waals surface area contributed by atoms with Crippen molar-refractivity contribution in [2.45, 2.75) is 0 Å². The molecule has 0 saturated carbocycles. The Kier molecular flexibility index (Phi) is 3.01. The highest BCUT2D eigenvalue weighted by molar-refractivity contribution is 7.13. The Morgan fingerprint density at radius 3 is 2.74 bits per heavy atom. The lowest BCUT2D eigenvalue weighted by Crippen LogP contribution is -2.02. The summed E-state index contributed by atoms with van der Waals surface area (Å²) in [7, 11) is 1.37. The standard InChI is InChI=1S/C15H11NO2S/c1-18-15(17)13-14(19-9-16-13)12-7-6-10-4-2-3-5-11(10)8-12/h2-9H,1H3. The number of aromatic nitrogens is 1.